The van der Waals surface area contributed by atoms with E-state index in [1.807, 2.05) is 13.8 Å². The number of unbranched alkanes of at least 4 members (excludes halogenated alkanes) is 8. The highest BCUT2D eigenvalue weighted by Gasteiger charge is 2.49. The summed E-state index contributed by atoms with van der Waals surface area (Å²) in [4.78, 5) is 38.7. The Bertz CT molecular complexity index is 811. The molecule has 41 heavy (non-hydrogen) atoms. The van der Waals surface area contributed by atoms with E-state index < -0.39 is 29.2 Å². The highest BCUT2D eigenvalue weighted by molar-refractivity contribution is 5.92. The monoisotopic (exact) mass is 578 g/mol. The Hall–Kier alpha value is -1.85. The van der Waals surface area contributed by atoms with E-state index >= 15 is 0 Å². The van der Waals surface area contributed by atoms with Gasteiger partial charge < -0.3 is 14.9 Å². The minimum absolute atomic E-state index is 0.0531. The van der Waals surface area contributed by atoms with Gasteiger partial charge in [-0.1, -0.05) is 112 Å². The summed E-state index contributed by atoms with van der Waals surface area (Å²) >= 11 is 0. The van der Waals surface area contributed by atoms with Gasteiger partial charge in [0.1, 0.15) is 0 Å². The molecule has 6 heteroatoms. The van der Waals surface area contributed by atoms with Crippen molar-refractivity contribution in [2.24, 2.45) is 29.1 Å². The molecule has 1 aliphatic carbocycles. The van der Waals surface area contributed by atoms with Gasteiger partial charge in [-0.3, -0.25) is 9.59 Å². The molecule has 1 saturated carbocycles. The number of carbonyl (C=O) groups excluding carboxylic acids is 1. The molecule has 0 heterocycles. The van der Waals surface area contributed by atoms with Gasteiger partial charge in [0.05, 0.1) is 17.9 Å². The fraction of sp³-hybridized carbons (Fsp3) is 0.857. The molecule has 0 aromatic rings. The first-order chi connectivity index (χ1) is 19.4. The Labute approximate surface area is 251 Å². The van der Waals surface area contributed by atoms with E-state index in [2.05, 4.69) is 27.7 Å². The third-order valence-corrected chi connectivity index (χ3v) is 8.66. The molecule has 1 fully saturated rings. The van der Waals surface area contributed by atoms with Crippen LogP contribution < -0.4 is 0 Å². The van der Waals surface area contributed by atoms with Gasteiger partial charge in [-0.05, 0) is 68.3 Å². The number of aliphatic carboxylic acids is 2. The standard InChI is InChI=1S/C35H62O6/c1-26(2)18-13-9-7-11-15-21-30(33(38)41-25-28(5)6)31(22-16-12-8-10-14-19-27(3)4)35(34(39)40)23-17-20-29(24-35)32(36)37/h26-29H,7-25H2,1-6H3,(H,36,37)(H,39,40). The highest BCUT2D eigenvalue weighted by atomic mass is 16.5. The van der Waals surface area contributed by atoms with Crippen LogP contribution in [0.5, 0.6) is 0 Å². The second-order valence-corrected chi connectivity index (χ2v) is 13.9. The van der Waals surface area contributed by atoms with E-state index in [4.69, 9.17) is 4.74 Å². The summed E-state index contributed by atoms with van der Waals surface area (Å²) in [5.41, 5.74) is -0.143. The van der Waals surface area contributed by atoms with E-state index in [1.165, 1.54) is 25.7 Å². The van der Waals surface area contributed by atoms with E-state index in [1.54, 1.807) is 0 Å². The Morgan fingerprint density at radius 2 is 1.24 bits per heavy atom. The summed E-state index contributed by atoms with van der Waals surface area (Å²) in [5, 5.41) is 20.5. The molecule has 0 spiro atoms. The summed E-state index contributed by atoms with van der Waals surface area (Å²) in [6.45, 7) is 13.2. The van der Waals surface area contributed by atoms with E-state index in [9.17, 15) is 24.6 Å². The molecule has 2 unspecified atom stereocenters. The average molecular weight is 579 g/mol. The smallest absolute Gasteiger partial charge is 0.333 e. The predicted octanol–water partition coefficient (Wildman–Crippen LogP) is 9.60. The molecule has 238 valence electrons. The van der Waals surface area contributed by atoms with Crippen LogP contribution in [0.3, 0.4) is 0 Å². The summed E-state index contributed by atoms with van der Waals surface area (Å²) < 4.78 is 5.73. The Balaban J connectivity index is 3.26. The van der Waals surface area contributed by atoms with Crippen LogP contribution in [0, 0.1) is 29.1 Å². The number of carboxylic acids is 2. The van der Waals surface area contributed by atoms with Crippen LogP contribution >= 0.6 is 0 Å². The average Bonchev–Trinajstić information content (AvgIpc) is 2.90. The second-order valence-electron chi connectivity index (χ2n) is 13.9. The third-order valence-electron chi connectivity index (χ3n) is 8.66. The van der Waals surface area contributed by atoms with Gasteiger partial charge in [-0.25, -0.2) is 4.79 Å². The number of hydrogen-bond donors (Lipinski definition) is 2. The third kappa shape index (κ3) is 14.2. The SMILES string of the molecule is CC(C)CCCCCCCC(C(=O)OCC(C)C)=C(CCCCCCCC(C)C)C1(C(=O)O)CCCC(C(=O)O)C1. The molecular formula is C35H62O6. The summed E-state index contributed by atoms with van der Waals surface area (Å²) in [6.07, 6.45) is 15.4. The zero-order chi connectivity index (χ0) is 30.8. The molecule has 2 atom stereocenters. The van der Waals surface area contributed by atoms with Crippen molar-refractivity contribution < 1.29 is 29.3 Å². The zero-order valence-electron chi connectivity index (χ0n) is 27.3. The quantitative estimate of drug-likeness (QED) is 0.0753. The first-order valence-corrected chi connectivity index (χ1v) is 16.8. The lowest BCUT2D eigenvalue weighted by Gasteiger charge is -2.39. The maximum atomic E-state index is 13.6. The Morgan fingerprint density at radius 3 is 1.73 bits per heavy atom. The van der Waals surface area contributed by atoms with E-state index in [-0.39, 0.29) is 12.3 Å². The van der Waals surface area contributed by atoms with Crippen LogP contribution in [-0.4, -0.2) is 34.7 Å². The number of esters is 1. The fourth-order valence-corrected chi connectivity index (χ4v) is 6.24. The van der Waals surface area contributed by atoms with Crippen LogP contribution in [0.25, 0.3) is 0 Å². The molecule has 0 aromatic carbocycles. The number of ether oxygens (including phenoxy) is 1. The van der Waals surface area contributed by atoms with Gasteiger partial charge in [0.25, 0.3) is 0 Å². The zero-order valence-corrected chi connectivity index (χ0v) is 27.3. The molecular weight excluding hydrogens is 516 g/mol. The van der Waals surface area contributed by atoms with Crippen LogP contribution in [0.15, 0.2) is 11.1 Å². The molecule has 0 radical (unpaired) electrons. The first kappa shape index (κ1) is 37.2. The highest BCUT2D eigenvalue weighted by Crippen LogP contribution is 2.49. The summed E-state index contributed by atoms with van der Waals surface area (Å²) in [7, 11) is 0. The van der Waals surface area contributed by atoms with Gasteiger partial charge in [-0.2, -0.15) is 0 Å². The largest absolute Gasteiger partial charge is 0.481 e. The number of rotatable bonds is 22. The molecule has 0 aliphatic heterocycles. The first-order valence-electron chi connectivity index (χ1n) is 16.8. The molecule has 0 aromatic heterocycles. The second kappa shape index (κ2) is 20.1. The minimum atomic E-state index is -1.32. The van der Waals surface area contributed by atoms with Crippen molar-refractivity contribution in [2.45, 2.75) is 157 Å². The van der Waals surface area contributed by atoms with Gasteiger partial charge in [0, 0.05) is 5.57 Å². The Kier molecular flexibility index (Phi) is 18.2. The molecule has 0 bridgehead atoms. The van der Waals surface area contributed by atoms with E-state index in [0.29, 0.717) is 61.7 Å². The van der Waals surface area contributed by atoms with E-state index in [0.717, 1.165) is 51.4 Å². The van der Waals surface area contributed by atoms with Gasteiger partial charge in [0.2, 0.25) is 0 Å². The maximum Gasteiger partial charge on any atom is 0.333 e. The molecule has 1 aliphatic rings. The summed E-state index contributed by atoms with van der Waals surface area (Å²) in [5.74, 6) is -1.46. The maximum absolute atomic E-state index is 13.6. The van der Waals surface area contributed by atoms with Crippen molar-refractivity contribution in [3.05, 3.63) is 11.1 Å². The minimum Gasteiger partial charge on any atom is -0.481 e. The lowest BCUT2D eigenvalue weighted by molar-refractivity contribution is -0.153. The normalized spacial score (nSPS) is 20.0. The molecule has 1 rings (SSSR count). The predicted molar refractivity (Wildman–Crippen MR) is 167 cm³/mol. The molecule has 0 saturated heterocycles. The van der Waals surface area contributed by atoms with Crippen molar-refractivity contribution in [3.63, 3.8) is 0 Å². The lowest BCUT2D eigenvalue weighted by Crippen LogP contribution is -2.41. The van der Waals surface area contributed by atoms with Crippen molar-refractivity contribution in [2.75, 3.05) is 6.61 Å². The van der Waals surface area contributed by atoms with Crippen LogP contribution in [-0.2, 0) is 19.1 Å². The lowest BCUT2D eigenvalue weighted by atomic mass is 9.63. The van der Waals surface area contributed by atoms with Crippen molar-refractivity contribution in [3.8, 4) is 0 Å². The topological polar surface area (TPSA) is 101 Å². The summed E-state index contributed by atoms with van der Waals surface area (Å²) in [6, 6.07) is 0. The Morgan fingerprint density at radius 1 is 0.732 bits per heavy atom. The van der Waals surface area contributed by atoms with Gasteiger partial charge in [-0.15, -0.1) is 0 Å². The molecule has 0 amide bonds. The molecule has 2 N–H and O–H groups in total. The van der Waals surface area contributed by atoms with Gasteiger partial charge in [0.15, 0.2) is 0 Å². The number of hydrogen-bond acceptors (Lipinski definition) is 4. The van der Waals surface area contributed by atoms with Crippen LogP contribution in [0.4, 0.5) is 0 Å². The van der Waals surface area contributed by atoms with Crippen molar-refractivity contribution in [1.82, 2.24) is 0 Å². The number of carboxylic acid groups (broad SMARTS) is 2. The van der Waals surface area contributed by atoms with Crippen LogP contribution in [0.2, 0.25) is 0 Å². The van der Waals surface area contributed by atoms with Gasteiger partial charge >= 0.3 is 17.9 Å². The van der Waals surface area contributed by atoms with Crippen molar-refractivity contribution >= 4 is 17.9 Å². The fourth-order valence-electron chi connectivity index (χ4n) is 6.24. The van der Waals surface area contributed by atoms with Crippen LogP contribution in [0.1, 0.15) is 157 Å². The molecule has 6 nitrogen and oxygen atoms in total. The number of carbonyl (C=O) groups is 3. The van der Waals surface area contributed by atoms with Crippen molar-refractivity contribution in [1.29, 1.82) is 0 Å².